The van der Waals surface area contributed by atoms with E-state index in [0.717, 1.165) is 37.3 Å². The average molecular weight is 244 g/mol. The van der Waals surface area contributed by atoms with Crippen LogP contribution < -0.4 is 5.32 Å². The largest absolute Gasteiger partial charge is 0.495 e. The van der Waals surface area contributed by atoms with Gasteiger partial charge in [-0.05, 0) is 36.8 Å². The molecule has 4 heteroatoms. The third-order valence-electron chi connectivity index (χ3n) is 4.46. The first-order chi connectivity index (χ1) is 8.83. The molecule has 4 rings (SSSR count). The third kappa shape index (κ3) is 1.42. The molecule has 1 N–H and O–H groups in total. The lowest BCUT2D eigenvalue weighted by Crippen LogP contribution is -2.43. The molecular formula is C14H16N2O2. The molecule has 0 spiro atoms. The number of ether oxygens (including phenoxy) is 1. The first-order valence-corrected chi connectivity index (χ1v) is 6.73. The van der Waals surface area contributed by atoms with Gasteiger partial charge < -0.3 is 10.1 Å². The van der Waals surface area contributed by atoms with Gasteiger partial charge in [-0.2, -0.15) is 0 Å². The quantitative estimate of drug-likeness (QED) is 0.696. The van der Waals surface area contributed by atoms with Crippen molar-refractivity contribution >= 4 is 12.1 Å². The lowest BCUT2D eigenvalue weighted by atomic mass is 9.73. The second-order valence-electron chi connectivity index (χ2n) is 5.47. The second-order valence-corrected chi connectivity index (χ2v) is 5.47. The summed E-state index contributed by atoms with van der Waals surface area (Å²) in [6.45, 7) is 1.66. The molecule has 0 aromatic heterocycles. The topological polar surface area (TPSA) is 50.7 Å². The highest BCUT2D eigenvalue weighted by Crippen LogP contribution is 2.43. The highest BCUT2D eigenvalue weighted by molar-refractivity contribution is 6.07. The maximum absolute atomic E-state index is 11.7. The van der Waals surface area contributed by atoms with Crippen LogP contribution in [0, 0.1) is 11.8 Å². The number of amides is 1. The van der Waals surface area contributed by atoms with E-state index in [1.165, 1.54) is 12.0 Å². The van der Waals surface area contributed by atoms with E-state index in [-0.39, 0.29) is 11.8 Å². The minimum atomic E-state index is -0.0579. The summed E-state index contributed by atoms with van der Waals surface area (Å²) in [5, 5.41) is 3.50. The van der Waals surface area contributed by atoms with Crippen LogP contribution in [-0.4, -0.2) is 31.3 Å². The number of carbonyl (C=O) groups is 1. The molecule has 2 aliphatic heterocycles. The number of allylic oxidation sites excluding steroid dienone is 2. The van der Waals surface area contributed by atoms with Crippen molar-refractivity contribution in [2.24, 2.45) is 16.8 Å². The number of hydrogen-bond acceptors (Lipinski definition) is 3. The predicted molar refractivity (Wildman–Crippen MR) is 67.2 cm³/mol. The summed E-state index contributed by atoms with van der Waals surface area (Å²) in [5.74, 6) is 1.82. The summed E-state index contributed by atoms with van der Waals surface area (Å²) < 4.78 is 5.86. The van der Waals surface area contributed by atoms with Crippen LogP contribution in [0.25, 0.3) is 0 Å². The summed E-state index contributed by atoms with van der Waals surface area (Å²) in [6.07, 6.45) is 7.23. The van der Waals surface area contributed by atoms with Crippen LogP contribution in [0.1, 0.15) is 19.3 Å². The van der Waals surface area contributed by atoms with E-state index in [4.69, 9.17) is 4.74 Å². The molecule has 0 bridgehead atoms. The average Bonchev–Trinajstić information content (AvgIpc) is 2.78. The van der Waals surface area contributed by atoms with E-state index in [2.05, 4.69) is 16.4 Å². The smallest absolute Gasteiger partial charge is 0.273 e. The molecule has 4 aliphatic rings. The molecule has 18 heavy (non-hydrogen) atoms. The first kappa shape index (κ1) is 10.5. The number of nitrogens with one attached hydrogen (secondary N) is 1. The molecule has 1 saturated heterocycles. The van der Waals surface area contributed by atoms with E-state index in [1.807, 2.05) is 6.21 Å². The zero-order chi connectivity index (χ0) is 12.1. The Bertz CT molecular complexity index is 504. The fourth-order valence-electron chi connectivity index (χ4n) is 3.57. The molecule has 0 aromatic rings. The Morgan fingerprint density at radius 1 is 1.39 bits per heavy atom. The van der Waals surface area contributed by atoms with Crippen LogP contribution >= 0.6 is 0 Å². The standard InChI is InChI=1S/C14H16N2O2/c17-14-11-6-10-8(5-9(11)7-16-14)1-2-12-13(10)18-4-3-15-12/h6-9,12,15H,1-5H2. The maximum atomic E-state index is 11.7. The first-order valence-electron chi connectivity index (χ1n) is 6.73. The highest BCUT2D eigenvalue weighted by Gasteiger charge is 2.39. The van der Waals surface area contributed by atoms with Crippen molar-refractivity contribution in [3.05, 3.63) is 23.0 Å². The maximum Gasteiger partial charge on any atom is 0.273 e. The number of fused-ring (bicyclic) bond motifs is 3. The summed E-state index contributed by atoms with van der Waals surface area (Å²) >= 11 is 0. The summed E-state index contributed by atoms with van der Waals surface area (Å²) in [5.41, 5.74) is 2.12. The van der Waals surface area contributed by atoms with Crippen molar-refractivity contribution < 1.29 is 9.53 Å². The minimum Gasteiger partial charge on any atom is -0.495 e. The van der Waals surface area contributed by atoms with Crippen molar-refractivity contribution in [3.63, 3.8) is 0 Å². The van der Waals surface area contributed by atoms with Gasteiger partial charge >= 0.3 is 0 Å². The summed E-state index contributed by atoms with van der Waals surface area (Å²) in [4.78, 5) is 15.6. The van der Waals surface area contributed by atoms with Gasteiger partial charge in [0.1, 0.15) is 12.4 Å². The number of aliphatic imine (C=N–C) groups is 1. The molecule has 2 heterocycles. The van der Waals surface area contributed by atoms with E-state index >= 15 is 0 Å². The van der Waals surface area contributed by atoms with Crippen molar-refractivity contribution in [2.75, 3.05) is 13.2 Å². The molecule has 0 aromatic carbocycles. The Morgan fingerprint density at radius 3 is 3.28 bits per heavy atom. The van der Waals surface area contributed by atoms with Gasteiger partial charge in [0.2, 0.25) is 0 Å². The van der Waals surface area contributed by atoms with Crippen molar-refractivity contribution in [1.29, 1.82) is 0 Å². The van der Waals surface area contributed by atoms with Crippen LogP contribution in [0.5, 0.6) is 0 Å². The highest BCUT2D eigenvalue weighted by atomic mass is 16.5. The number of hydrogen-bond donors (Lipinski definition) is 1. The van der Waals surface area contributed by atoms with Crippen LogP contribution in [-0.2, 0) is 9.53 Å². The van der Waals surface area contributed by atoms with Crippen molar-refractivity contribution in [1.82, 2.24) is 5.32 Å². The third-order valence-corrected chi connectivity index (χ3v) is 4.46. The molecule has 1 amide bonds. The molecule has 4 nitrogen and oxygen atoms in total. The number of nitrogens with zero attached hydrogens (tertiary/aromatic N) is 1. The van der Waals surface area contributed by atoms with E-state index in [1.54, 1.807) is 0 Å². The number of carbonyl (C=O) groups excluding carboxylic acids is 1. The number of rotatable bonds is 0. The summed E-state index contributed by atoms with van der Waals surface area (Å²) in [7, 11) is 0. The van der Waals surface area contributed by atoms with Crippen molar-refractivity contribution in [2.45, 2.75) is 25.3 Å². The van der Waals surface area contributed by atoms with Crippen molar-refractivity contribution in [3.8, 4) is 0 Å². The van der Waals surface area contributed by atoms with Gasteiger partial charge in [-0.25, -0.2) is 4.99 Å². The molecule has 3 atom stereocenters. The van der Waals surface area contributed by atoms with Crippen LogP contribution in [0.2, 0.25) is 0 Å². The molecule has 0 radical (unpaired) electrons. The van der Waals surface area contributed by atoms with E-state index in [9.17, 15) is 4.79 Å². The van der Waals surface area contributed by atoms with Crippen LogP contribution in [0.15, 0.2) is 28.0 Å². The normalized spacial score (nSPS) is 37.7. The zero-order valence-electron chi connectivity index (χ0n) is 10.2. The second kappa shape index (κ2) is 3.79. The van der Waals surface area contributed by atoms with Gasteiger partial charge in [0.25, 0.3) is 5.91 Å². The molecule has 94 valence electrons. The molecule has 0 saturated carbocycles. The van der Waals surface area contributed by atoms with Gasteiger partial charge in [-0.1, -0.05) is 0 Å². The lowest BCUT2D eigenvalue weighted by Gasteiger charge is -2.38. The Hall–Kier alpha value is -1.42. The fraction of sp³-hybridized carbons (Fsp3) is 0.571. The Morgan fingerprint density at radius 2 is 2.33 bits per heavy atom. The monoisotopic (exact) mass is 244 g/mol. The summed E-state index contributed by atoms with van der Waals surface area (Å²) in [6, 6.07) is 0.357. The molecule has 1 fully saturated rings. The fourth-order valence-corrected chi connectivity index (χ4v) is 3.57. The van der Waals surface area contributed by atoms with Crippen LogP contribution in [0.4, 0.5) is 0 Å². The van der Waals surface area contributed by atoms with Crippen LogP contribution in [0.3, 0.4) is 0 Å². The molecule has 2 aliphatic carbocycles. The molecule has 3 unspecified atom stereocenters. The predicted octanol–water partition coefficient (Wildman–Crippen LogP) is 1.20. The molecular weight excluding hydrogens is 228 g/mol. The van der Waals surface area contributed by atoms with E-state index < -0.39 is 0 Å². The van der Waals surface area contributed by atoms with Gasteiger partial charge in [-0.15, -0.1) is 0 Å². The Balaban J connectivity index is 1.79. The Labute approximate surface area is 106 Å². The lowest BCUT2D eigenvalue weighted by molar-refractivity contribution is -0.114. The SMILES string of the molecule is O=C1N=CC2CC3CCC4NCCOC4=C3C=C12. The zero-order valence-corrected chi connectivity index (χ0v) is 10.2. The van der Waals surface area contributed by atoms with Gasteiger partial charge in [0.05, 0.1) is 6.04 Å². The number of morpholine rings is 1. The van der Waals surface area contributed by atoms with Gasteiger partial charge in [0.15, 0.2) is 0 Å². The van der Waals surface area contributed by atoms with Gasteiger partial charge in [-0.3, -0.25) is 4.79 Å². The minimum absolute atomic E-state index is 0.0579. The Kier molecular flexibility index (Phi) is 2.21. The van der Waals surface area contributed by atoms with E-state index in [0.29, 0.717) is 12.0 Å². The van der Waals surface area contributed by atoms with Gasteiger partial charge in [0, 0.05) is 24.3 Å².